The van der Waals surface area contributed by atoms with E-state index in [9.17, 15) is 0 Å². The van der Waals surface area contributed by atoms with Crippen LogP contribution < -0.4 is 5.32 Å². The first-order valence-corrected chi connectivity index (χ1v) is 9.43. The molecule has 4 rings (SSSR count). The lowest BCUT2D eigenvalue weighted by Gasteiger charge is -2.48. The number of rotatable bonds is 6. The van der Waals surface area contributed by atoms with Crippen molar-refractivity contribution in [2.24, 2.45) is 0 Å². The van der Waals surface area contributed by atoms with E-state index in [1.54, 1.807) is 0 Å². The number of hydrogen-bond donors (Lipinski definition) is 1. The Morgan fingerprint density at radius 2 is 1.96 bits per heavy atom. The Kier molecular flexibility index (Phi) is 4.87. The zero-order chi connectivity index (χ0) is 17.3. The van der Waals surface area contributed by atoms with Crippen molar-refractivity contribution < 1.29 is 9.15 Å². The highest BCUT2D eigenvalue weighted by atomic mass is 35.5. The van der Waals surface area contributed by atoms with Crippen LogP contribution in [0.3, 0.4) is 0 Å². The molecule has 134 valence electrons. The summed E-state index contributed by atoms with van der Waals surface area (Å²) in [6, 6.07) is 10.1. The summed E-state index contributed by atoms with van der Waals surface area (Å²) >= 11 is 6.22. The average Bonchev–Trinajstić information content (AvgIpc) is 3.24. The highest BCUT2D eigenvalue weighted by Gasteiger charge is 2.44. The molecule has 5 heteroatoms. The third-order valence-corrected chi connectivity index (χ3v) is 5.80. The molecule has 2 saturated heterocycles. The number of ether oxygens (including phenoxy) is 1. The van der Waals surface area contributed by atoms with E-state index in [1.807, 2.05) is 37.3 Å². The molecule has 2 aromatic rings. The Morgan fingerprint density at radius 1 is 1.16 bits per heavy atom. The fourth-order valence-corrected chi connectivity index (χ4v) is 3.90. The van der Waals surface area contributed by atoms with Gasteiger partial charge in [-0.15, -0.1) is 0 Å². The number of nitrogens with one attached hydrogen (secondary N) is 1. The summed E-state index contributed by atoms with van der Waals surface area (Å²) in [6.45, 7) is 7.75. The van der Waals surface area contributed by atoms with Crippen LogP contribution in [0.25, 0.3) is 11.3 Å². The van der Waals surface area contributed by atoms with Crippen LogP contribution >= 0.6 is 11.6 Å². The van der Waals surface area contributed by atoms with Gasteiger partial charge in [0.2, 0.25) is 0 Å². The van der Waals surface area contributed by atoms with Crippen LogP contribution in [-0.2, 0) is 11.3 Å². The molecule has 1 N–H and O–H groups in total. The van der Waals surface area contributed by atoms with Crippen molar-refractivity contribution in [3.05, 3.63) is 46.7 Å². The van der Waals surface area contributed by atoms with E-state index in [0.29, 0.717) is 0 Å². The topological polar surface area (TPSA) is 37.6 Å². The number of furan rings is 1. The Morgan fingerprint density at radius 3 is 2.64 bits per heavy atom. The van der Waals surface area contributed by atoms with E-state index >= 15 is 0 Å². The van der Waals surface area contributed by atoms with Gasteiger partial charge in [-0.05, 0) is 56.6 Å². The molecule has 2 aliphatic rings. The maximum atomic E-state index is 6.22. The summed E-state index contributed by atoms with van der Waals surface area (Å²) in [7, 11) is 0. The van der Waals surface area contributed by atoms with Gasteiger partial charge in [0.05, 0.1) is 25.3 Å². The number of benzene rings is 1. The SMILES string of the molecule is Cc1ccc(-c2ccc(CNCC3(N4CCCC4)COC3)o2)cc1Cl. The fraction of sp³-hybridized carbons (Fsp3) is 0.500. The number of hydrogen-bond acceptors (Lipinski definition) is 4. The minimum atomic E-state index is 0.191. The fourth-order valence-electron chi connectivity index (χ4n) is 3.72. The molecule has 0 aliphatic carbocycles. The molecule has 0 amide bonds. The molecule has 4 nitrogen and oxygen atoms in total. The van der Waals surface area contributed by atoms with Gasteiger partial charge in [-0.25, -0.2) is 0 Å². The Balaban J connectivity index is 1.36. The van der Waals surface area contributed by atoms with Gasteiger partial charge in [-0.1, -0.05) is 23.7 Å². The molecular weight excluding hydrogens is 336 g/mol. The lowest BCUT2D eigenvalue weighted by molar-refractivity contribution is -0.132. The average molecular weight is 361 g/mol. The largest absolute Gasteiger partial charge is 0.460 e. The first-order valence-electron chi connectivity index (χ1n) is 9.05. The molecule has 2 fully saturated rings. The summed E-state index contributed by atoms with van der Waals surface area (Å²) < 4.78 is 11.5. The molecule has 3 heterocycles. The van der Waals surface area contributed by atoms with Crippen molar-refractivity contribution in [1.29, 1.82) is 0 Å². The monoisotopic (exact) mass is 360 g/mol. The van der Waals surface area contributed by atoms with Crippen LogP contribution in [0.5, 0.6) is 0 Å². The maximum absolute atomic E-state index is 6.22. The molecule has 1 aromatic heterocycles. The normalized spacial score (nSPS) is 19.9. The van der Waals surface area contributed by atoms with Crippen molar-refractivity contribution in [1.82, 2.24) is 10.2 Å². The molecule has 0 spiro atoms. The van der Waals surface area contributed by atoms with Crippen LogP contribution in [0.1, 0.15) is 24.2 Å². The molecule has 2 aliphatic heterocycles. The first kappa shape index (κ1) is 17.1. The zero-order valence-corrected chi connectivity index (χ0v) is 15.4. The highest BCUT2D eigenvalue weighted by Crippen LogP contribution is 2.29. The van der Waals surface area contributed by atoms with Crippen LogP contribution in [-0.4, -0.2) is 43.3 Å². The third kappa shape index (κ3) is 3.49. The van der Waals surface area contributed by atoms with E-state index < -0.39 is 0 Å². The van der Waals surface area contributed by atoms with Gasteiger partial charge in [-0.3, -0.25) is 4.90 Å². The summed E-state index contributed by atoms with van der Waals surface area (Å²) in [4.78, 5) is 2.59. The van der Waals surface area contributed by atoms with Gasteiger partial charge in [0.15, 0.2) is 0 Å². The summed E-state index contributed by atoms with van der Waals surface area (Å²) in [5.74, 6) is 1.81. The van der Waals surface area contributed by atoms with E-state index in [-0.39, 0.29) is 5.54 Å². The first-order chi connectivity index (χ1) is 12.2. The lowest BCUT2D eigenvalue weighted by Crippen LogP contribution is -2.66. The molecule has 0 radical (unpaired) electrons. The minimum absolute atomic E-state index is 0.191. The third-order valence-electron chi connectivity index (χ3n) is 5.39. The lowest BCUT2D eigenvalue weighted by atomic mass is 9.95. The minimum Gasteiger partial charge on any atom is -0.460 e. The molecule has 0 atom stereocenters. The highest BCUT2D eigenvalue weighted by molar-refractivity contribution is 6.31. The van der Waals surface area contributed by atoms with Crippen molar-refractivity contribution in [3.8, 4) is 11.3 Å². The van der Waals surface area contributed by atoms with Gasteiger partial charge in [-0.2, -0.15) is 0 Å². The second-order valence-corrected chi connectivity index (χ2v) is 7.65. The van der Waals surface area contributed by atoms with E-state index in [0.717, 1.165) is 54.0 Å². The molecule has 0 bridgehead atoms. The van der Waals surface area contributed by atoms with Crippen LogP contribution in [0.15, 0.2) is 34.7 Å². The van der Waals surface area contributed by atoms with Gasteiger partial charge < -0.3 is 14.5 Å². The number of likely N-dealkylation sites (tertiary alicyclic amines) is 1. The van der Waals surface area contributed by atoms with Gasteiger partial charge >= 0.3 is 0 Å². The van der Waals surface area contributed by atoms with E-state index in [4.69, 9.17) is 20.8 Å². The predicted octanol–water partition coefficient (Wildman–Crippen LogP) is 3.86. The van der Waals surface area contributed by atoms with E-state index in [2.05, 4.69) is 10.2 Å². The predicted molar refractivity (Wildman–Crippen MR) is 100.0 cm³/mol. The van der Waals surface area contributed by atoms with Gasteiger partial charge in [0.25, 0.3) is 0 Å². The Hall–Kier alpha value is -1.33. The van der Waals surface area contributed by atoms with Crippen molar-refractivity contribution in [2.45, 2.75) is 31.8 Å². The quantitative estimate of drug-likeness (QED) is 0.848. The van der Waals surface area contributed by atoms with Crippen molar-refractivity contribution >= 4 is 11.6 Å². The summed E-state index contributed by atoms with van der Waals surface area (Å²) in [5, 5.41) is 4.33. The molecule has 25 heavy (non-hydrogen) atoms. The van der Waals surface area contributed by atoms with Crippen LogP contribution in [0, 0.1) is 6.92 Å². The molecule has 0 saturated carbocycles. The standard InChI is InChI=1S/C20H25ClN2O2/c1-15-4-5-16(10-18(15)21)19-7-6-17(25-19)11-22-12-20(13-24-14-20)23-8-2-3-9-23/h4-7,10,22H,2-3,8-9,11-14H2,1H3. The molecular formula is C20H25ClN2O2. The summed E-state index contributed by atoms with van der Waals surface area (Å²) in [6.07, 6.45) is 2.62. The van der Waals surface area contributed by atoms with Crippen LogP contribution in [0.4, 0.5) is 0 Å². The second-order valence-electron chi connectivity index (χ2n) is 7.24. The zero-order valence-electron chi connectivity index (χ0n) is 14.7. The van der Waals surface area contributed by atoms with Crippen LogP contribution in [0.2, 0.25) is 5.02 Å². The smallest absolute Gasteiger partial charge is 0.134 e. The van der Waals surface area contributed by atoms with Gasteiger partial charge in [0.1, 0.15) is 11.5 Å². The van der Waals surface area contributed by atoms with Gasteiger partial charge in [0, 0.05) is 17.1 Å². The number of nitrogens with zero attached hydrogens (tertiary/aromatic N) is 1. The number of halogens is 1. The van der Waals surface area contributed by atoms with Crippen molar-refractivity contribution in [2.75, 3.05) is 32.8 Å². The maximum Gasteiger partial charge on any atom is 0.134 e. The molecule has 0 unspecified atom stereocenters. The molecule has 1 aromatic carbocycles. The Bertz CT molecular complexity index is 733. The second kappa shape index (κ2) is 7.12. The van der Waals surface area contributed by atoms with Crippen molar-refractivity contribution in [3.63, 3.8) is 0 Å². The van der Waals surface area contributed by atoms with E-state index in [1.165, 1.54) is 25.9 Å². The number of aryl methyl sites for hydroxylation is 1. The summed E-state index contributed by atoms with van der Waals surface area (Å²) in [5.41, 5.74) is 2.28. The Labute approximate surface area is 154 Å².